The van der Waals surface area contributed by atoms with Crippen LogP contribution in [0.4, 0.5) is 0 Å². The summed E-state index contributed by atoms with van der Waals surface area (Å²) in [5, 5.41) is 9.05. The van der Waals surface area contributed by atoms with Gasteiger partial charge < -0.3 is 5.11 Å². The molecule has 0 rings (SSSR count). The van der Waals surface area contributed by atoms with Crippen LogP contribution in [0.15, 0.2) is 12.2 Å². The van der Waals surface area contributed by atoms with Crippen molar-refractivity contribution in [1.29, 1.82) is 0 Å². The minimum atomic E-state index is -0.170. The first-order valence-electron chi connectivity index (χ1n) is 4.51. The highest BCUT2D eigenvalue weighted by molar-refractivity contribution is 4.86. The van der Waals surface area contributed by atoms with E-state index in [0.29, 0.717) is 5.92 Å². The zero-order chi connectivity index (χ0) is 8.69. The Bertz CT molecular complexity index is 105. The predicted octanol–water partition coefficient (Wildman–Crippen LogP) is 2.75. The van der Waals surface area contributed by atoms with Gasteiger partial charge in [-0.15, -0.1) is 0 Å². The number of allylic oxidation sites excluding steroid dienone is 2. The van der Waals surface area contributed by atoms with Gasteiger partial charge in [0.05, 0.1) is 6.10 Å². The fourth-order valence-electron chi connectivity index (χ4n) is 1.11. The maximum Gasteiger partial charge on any atom is 0.0517 e. The molecule has 0 aromatic carbocycles. The highest BCUT2D eigenvalue weighted by atomic mass is 16.3. The van der Waals surface area contributed by atoms with Crippen LogP contribution in [0.3, 0.4) is 0 Å². The van der Waals surface area contributed by atoms with Crippen LogP contribution in [0.1, 0.15) is 40.0 Å². The third kappa shape index (κ3) is 7.60. The van der Waals surface area contributed by atoms with E-state index >= 15 is 0 Å². The first-order chi connectivity index (χ1) is 5.16. The van der Waals surface area contributed by atoms with Crippen molar-refractivity contribution in [3.05, 3.63) is 12.2 Å². The molecule has 0 aromatic rings. The number of hydrogen-bond donors (Lipinski definition) is 1. The van der Waals surface area contributed by atoms with Gasteiger partial charge in [-0.1, -0.05) is 32.4 Å². The monoisotopic (exact) mass is 156 g/mol. The molecule has 66 valence electrons. The Kier molecular flexibility index (Phi) is 6.24. The van der Waals surface area contributed by atoms with E-state index in [1.807, 2.05) is 6.92 Å². The maximum atomic E-state index is 9.05. The Balaban J connectivity index is 3.42. The second-order valence-electron chi connectivity index (χ2n) is 3.28. The van der Waals surface area contributed by atoms with Crippen LogP contribution in [0, 0.1) is 5.92 Å². The molecule has 0 spiro atoms. The Morgan fingerprint density at radius 2 is 2.00 bits per heavy atom. The van der Waals surface area contributed by atoms with Crippen LogP contribution >= 0.6 is 0 Å². The number of unbranched alkanes of at least 4 members (excludes halogenated alkanes) is 1. The Labute approximate surface area is 70.1 Å². The molecule has 2 atom stereocenters. The fourth-order valence-corrected chi connectivity index (χ4v) is 1.11. The summed E-state index contributed by atoms with van der Waals surface area (Å²) in [5.74, 6) is 0.515. The van der Waals surface area contributed by atoms with Crippen molar-refractivity contribution in [3.8, 4) is 0 Å². The van der Waals surface area contributed by atoms with Crippen molar-refractivity contribution >= 4 is 0 Å². The minimum absolute atomic E-state index is 0.170. The van der Waals surface area contributed by atoms with E-state index < -0.39 is 0 Å². The summed E-state index contributed by atoms with van der Waals surface area (Å²) in [4.78, 5) is 0. The summed E-state index contributed by atoms with van der Waals surface area (Å²) in [6, 6.07) is 0. The molecule has 11 heavy (non-hydrogen) atoms. The molecule has 0 aliphatic rings. The Hall–Kier alpha value is -0.300. The van der Waals surface area contributed by atoms with Crippen molar-refractivity contribution in [3.63, 3.8) is 0 Å². The van der Waals surface area contributed by atoms with Crippen LogP contribution in [0.25, 0.3) is 0 Å². The molecule has 0 radical (unpaired) electrons. The van der Waals surface area contributed by atoms with Gasteiger partial charge in [0.15, 0.2) is 0 Å². The summed E-state index contributed by atoms with van der Waals surface area (Å²) in [7, 11) is 0. The van der Waals surface area contributed by atoms with E-state index in [9.17, 15) is 0 Å². The van der Waals surface area contributed by atoms with Gasteiger partial charge in [0.1, 0.15) is 0 Å². The molecule has 0 heterocycles. The molecule has 2 unspecified atom stereocenters. The lowest BCUT2D eigenvalue weighted by Crippen LogP contribution is -2.04. The zero-order valence-corrected chi connectivity index (χ0v) is 7.88. The molecule has 0 amide bonds. The molecule has 0 fully saturated rings. The van der Waals surface area contributed by atoms with E-state index in [-0.39, 0.29) is 6.10 Å². The van der Waals surface area contributed by atoms with Gasteiger partial charge in [-0.25, -0.2) is 0 Å². The number of aliphatic hydroxyl groups is 1. The van der Waals surface area contributed by atoms with Crippen LogP contribution in [0.5, 0.6) is 0 Å². The number of aliphatic hydroxyl groups excluding tert-OH is 1. The lowest BCUT2D eigenvalue weighted by atomic mass is 10.0. The smallest absolute Gasteiger partial charge is 0.0517 e. The third-order valence-electron chi connectivity index (χ3n) is 1.63. The van der Waals surface area contributed by atoms with Crippen LogP contribution in [0.2, 0.25) is 0 Å². The molecule has 0 aliphatic carbocycles. The van der Waals surface area contributed by atoms with E-state index in [4.69, 9.17) is 5.11 Å². The average molecular weight is 156 g/mol. The van der Waals surface area contributed by atoms with Crippen molar-refractivity contribution in [1.82, 2.24) is 0 Å². The summed E-state index contributed by atoms with van der Waals surface area (Å²) in [6.07, 6.45) is 7.46. The predicted molar refractivity (Wildman–Crippen MR) is 49.5 cm³/mol. The van der Waals surface area contributed by atoms with Crippen LogP contribution in [-0.4, -0.2) is 11.2 Å². The molecule has 0 saturated heterocycles. The van der Waals surface area contributed by atoms with Gasteiger partial charge in [-0.3, -0.25) is 0 Å². The van der Waals surface area contributed by atoms with Crippen LogP contribution in [-0.2, 0) is 0 Å². The SMILES string of the molecule is CCCC=CC(C)CC(C)O. The standard InChI is InChI=1S/C10H20O/c1-4-5-6-7-9(2)8-10(3)11/h6-7,9-11H,4-5,8H2,1-3H3. The normalized spacial score (nSPS) is 17.1. The van der Waals surface area contributed by atoms with E-state index in [0.717, 1.165) is 12.8 Å². The second-order valence-corrected chi connectivity index (χ2v) is 3.28. The molecule has 0 aromatic heterocycles. The minimum Gasteiger partial charge on any atom is -0.393 e. The fraction of sp³-hybridized carbons (Fsp3) is 0.800. The molecule has 1 nitrogen and oxygen atoms in total. The summed E-state index contributed by atoms with van der Waals surface area (Å²) < 4.78 is 0. The Morgan fingerprint density at radius 1 is 1.36 bits per heavy atom. The lowest BCUT2D eigenvalue weighted by molar-refractivity contribution is 0.172. The maximum absolute atomic E-state index is 9.05. The highest BCUT2D eigenvalue weighted by Gasteiger charge is 2.00. The van der Waals surface area contributed by atoms with Gasteiger partial charge in [0.2, 0.25) is 0 Å². The zero-order valence-electron chi connectivity index (χ0n) is 7.88. The first kappa shape index (κ1) is 10.7. The largest absolute Gasteiger partial charge is 0.393 e. The van der Waals surface area contributed by atoms with Crippen molar-refractivity contribution < 1.29 is 5.11 Å². The summed E-state index contributed by atoms with van der Waals surface area (Å²) >= 11 is 0. The molecule has 1 heteroatoms. The first-order valence-corrected chi connectivity index (χ1v) is 4.51. The molecular formula is C10H20O. The van der Waals surface area contributed by atoms with Gasteiger partial charge in [0.25, 0.3) is 0 Å². The van der Waals surface area contributed by atoms with E-state index in [1.165, 1.54) is 6.42 Å². The molecule has 1 N–H and O–H groups in total. The number of hydrogen-bond acceptors (Lipinski definition) is 1. The van der Waals surface area contributed by atoms with Crippen LogP contribution < -0.4 is 0 Å². The number of rotatable bonds is 5. The highest BCUT2D eigenvalue weighted by Crippen LogP contribution is 2.07. The van der Waals surface area contributed by atoms with Gasteiger partial charge in [-0.05, 0) is 25.7 Å². The van der Waals surface area contributed by atoms with Crippen molar-refractivity contribution in [2.75, 3.05) is 0 Å². The Morgan fingerprint density at radius 3 is 2.45 bits per heavy atom. The topological polar surface area (TPSA) is 20.2 Å². The molecule has 0 bridgehead atoms. The quantitative estimate of drug-likeness (QED) is 0.607. The van der Waals surface area contributed by atoms with Crippen molar-refractivity contribution in [2.45, 2.75) is 46.1 Å². The average Bonchev–Trinajstić information content (AvgIpc) is 1.86. The van der Waals surface area contributed by atoms with Gasteiger partial charge in [0, 0.05) is 0 Å². The second kappa shape index (κ2) is 6.41. The molecule has 0 aliphatic heterocycles. The molecular weight excluding hydrogens is 136 g/mol. The van der Waals surface area contributed by atoms with Gasteiger partial charge in [-0.2, -0.15) is 0 Å². The summed E-state index contributed by atoms with van der Waals surface area (Å²) in [5.41, 5.74) is 0. The van der Waals surface area contributed by atoms with E-state index in [2.05, 4.69) is 26.0 Å². The lowest BCUT2D eigenvalue weighted by Gasteiger charge is -2.07. The van der Waals surface area contributed by atoms with Gasteiger partial charge >= 0.3 is 0 Å². The summed E-state index contributed by atoms with van der Waals surface area (Å²) in [6.45, 7) is 6.15. The van der Waals surface area contributed by atoms with E-state index in [1.54, 1.807) is 0 Å². The third-order valence-corrected chi connectivity index (χ3v) is 1.63. The molecule has 0 saturated carbocycles. The van der Waals surface area contributed by atoms with Crippen molar-refractivity contribution in [2.24, 2.45) is 5.92 Å².